The summed E-state index contributed by atoms with van der Waals surface area (Å²) >= 11 is 0. The van der Waals surface area contributed by atoms with Crippen LogP contribution in [0.25, 0.3) is 0 Å². The first-order valence-corrected chi connectivity index (χ1v) is 31.8. The van der Waals surface area contributed by atoms with Crippen molar-refractivity contribution < 1.29 is 28.6 Å². The summed E-state index contributed by atoms with van der Waals surface area (Å²) in [6.45, 7) is 6.50. The molecule has 0 radical (unpaired) electrons. The molecule has 0 aliphatic carbocycles. The second kappa shape index (κ2) is 61.7. The molecule has 0 aromatic heterocycles. The lowest BCUT2D eigenvalue weighted by molar-refractivity contribution is -0.167. The molecule has 0 amide bonds. The highest BCUT2D eigenvalue weighted by Gasteiger charge is 2.19. The number of carbonyl (C=O) groups is 3. The van der Waals surface area contributed by atoms with E-state index < -0.39 is 6.10 Å². The van der Waals surface area contributed by atoms with E-state index in [1.54, 1.807) is 0 Å². The van der Waals surface area contributed by atoms with Gasteiger partial charge in [-0.15, -0.1) is 0 Å². The molecule has 0 saturated heterocycles. The van der Waals surface area contributed by atoms with Crippen molar-refractivity contribution >= 4 is 17.9 Å². The van der Waals surface area contributed by atoms with Gasteiger partial charge in [-0.05, 0) is 64.2 Å². The first-order valence-electron chi connectivity index (χ1n) is 31.8. The highest BCUT2D eigenvalue weighted by atomic mass is 16.6. The Balaban J connectivity index is 4.07. The van der Waals surface area contributed by atoms with Gasteiger partial charge in [-0.1, -0.05) is 306 Å². The minimum Gasteiger partial charge on any atom is -0.462 e. The maximum atomic E-state index is 12.8. The first-order chi connectivity index (χ1) is 36.0. The van der Waals surface area contributed by atoms with Gasteiger partial charge in [-0.2, -0.15) is 0 Å². The number of carbonyl (C=O) groups excluding carboxylic acids is 3. The highest BCUT2D eigenvalue weighted by Crippen LogP contribution is 2.18. The molecule has 0 saturated carbocycles. The van der Waals surface area contributed by atoms with E-state index in [-0.39, 0.29) is 31.1 Å². The van der Waals surface area contributed by atoms with Gasteiger partial charge in [-0.25, -0.2) is 0 Å². The van der Waals surface area contributed by atoms with Crippen molar-refractivity contribution in [1.82, 2.24) is 0 Å². The van der Waals surface area contributed by atoms with Crippen molar-refractivity contribution in [2.75, 3.05) is 13.2 Å². The smallest absolute Gasteiger partial charge is 0.306 e. The average Bonchev–Trinajstić information content (AvgIpc) is 3.39. The largest absolute Gasteiger partial charge is 0.462 e. The van der Waals surface area contributed by atoms with E-state index in [9.17, 15) is 14.4 Å². The Morgan fingerprint density at radius 1 is 0.288 bits per heavy atom. The zero-order valence-electron chi connectivity index (χ0n) is 48.7. The van der Waals surface area contributed by atoms with E-state index in [2.05, 4.69) is 81.5 Å². The second-order valence-electron chi connectivity index (χ2n) is 21.3. The highest BCUT2D eigenvalue weighted by molar-refractivity contribution is 5.71. The maximum absolute atomic E-state index is 12.8. The molecule has 0 aliphatic heterocycles. The van der Waals surface area contributed by atoms with E-state index in [1.165, 1.54) is 193 Å². The molecule has 0 rings (SSSR count). The number of unbranched alkanes of at least 4 members (excludes halogenated alkanes) is 37. The molecular formula is C67H120O6. The van der Waals surface area contributed by atoms with Gasteiger partial charge in [0.05, 0.1) is 0 Å². The van der Waals surface area contributed by atoms with E-state index in [0.717, 1.165) is 96.3 Å². The van der Waals surface area contributed by atoms with Gasteiger partial charge in [0.2, 0.25) is 0 Å². The third-order valence-corrected chi connectivity index (χ3v) is 14.0. The molecule has 0 heterocycles. The van der Waals surface area contributed by atoms with Crippen LogP contribution in [-0.2, 0) is 28.6 Å². The van der Waals surface area contributed by atoms with Gasteiger partial charge in [0, 0.05) is 19.3 Å². The molecule has 0 fully saturated rings. The molecule has 0 aromatic carbocycles. The van der Waals surface area contributed by atoms with Crippen LogP contribution in [0.15, 0.2) is 60.8 Å². The number of esters is 3. The van der Waals surface area contributed by atoms with Gasteiger partial charge in [0.15, 0.2) is 6.10 Å². The summed E-state index contributed by atoms with van der Waals surface area (Å²) in [6, 6.07) is 0. The number of rotatable bonds is 58. The molecule has 0 bridgehead atoms. The molecule has 73 heavy (non-hydrogen) atoms. The predicted molar refractivity (Wildman–Crippen MR) is 316 cm³/mol. The van der Waals surface area contributed by atoms with Crippen LogP contribution in [0.1, 0.15) is 329 Å². The SMILES string of the molecule is CC/C=C\C/C=C\C/C=C\C/C=C\C/C=C\CCCCCCCCCC(=O)OC(COC(=O)CCCCCCCC)COC(=O)CCCCCCCCCCCCCCCCCCCCCCCCCCCC. The zero-order valence-corrected chi connectivity index (χ0v) is 48.7. The van der Waals surface area contributed by atoms with Gasteiger partial charge in [0.1, 0.15) is 13.2 Å². The maximum Gasteiger partial charge on any atom is 0.306 e. The van der Waals surface area contributed by atoms with Crippen LogP contribution in [-0.4, -0.2) is 37.2 Å². The van der Waals surface area contributed by atoms with Crippen molar-refractivity contribution in [3.05, 3.63) is 60.8 Å². The molecule has 0 aliphatic rings. The molecule has 6 heteroatoms. The lowest BCUT2D eigenvalue weighted by atomic mass is 10.0. The lowest BCUT2D eigenvalue weighted by Crippen LogP contribution is -2.30. The molecule has 0 spiro atoms. The fourth-order valence-electron chi connectivity index (χ4n) is 9.30. The first kappa shape index (κ1) is 70.1. The van der Waals surface area contributed by atoms with E-state index in [1.807, 2.05) is 0 Å². The van der Waals surface area contributed by atoms with E-state index >= 15 is 0 Å². The Labute approximate surface area is 453 Å². The Bertz CT molecular complexity index is 1310. The fraction of sp³-hybridized carbons (Fsp3) is 0.806. The van der Waals surface area contributed by atoms with Crippen LogP contribution in [0.3, 0.4) is 0 Å². The van der Waals surface area contributed by atoms with Crippen molar-refractivity contribution in [3.63, 3.8) is 0 Å². The van der Waals surface area contributed by atoms with Crippen LogP contribution in [0.2, 0.25) is 0 Å². The van der Waals surface area contributed by atoms with Gasteiger partial charge in [-0.3, -0.25) is 14.4 Å². The van der Waals surface area contributed by atoms with Gasteiger partial charge >= 0.3 is 17.9 Å². The molecule has 0 aromatic rings. The third kappa shape index (κ3) is 59.9. The third-order valence-electron chi connectivity index (χ3n) is 14.0. The Morgan fingerprint density at radius 3 is 0.836 bits per heavy atom. The Morgan fingerprint density at radius 2 is 0.534 bits per heavy atom. The molecule has 6 nitrogen and oxygen atoms in total. The van der Waals surface area contributed by atoms with Crippen molar-refractivity contribution in [2.24, 2.45) is 0 Å². The summed E-state index contributed by atoms with van der Waals surface area (Å²) in [5.41, 5.74) is 0. The number of ether oxygens (including phenoxy) is 3. The van der Waals surface area contributed by atoms with Crippen LogP contribution in [0.4, 0.5) is 0 Å². The Hall–Kier alpha value is -2.89. The summed E-state index contributed by atoms with van der Waals surface area (Å²) in [5.74, 6) is -0.881. The van der Waals surface area contributed by atoms with Crippen molar-refractivity contribution in [2.45, 2.75) is 335 Å². The van der Waals surface area contributed by atoms with Gasteiger partial charge < -0.3 is 14.2 Å². The number of allylic oxidation sites excluding steroid dienone is 10. The van der Waals surface area contributed by atoms with Crippen LogP contribution in [0, 0.1) is 0 Å². The Kier molecular flexibility index (Phi) is 59.2. The standard InChI is InChI=1S/C67H120O6/c1-4-7-10-13-16-18-20-22-24-26-28-30-32-33-34-36-37-39-41-43-45-47-49-51-54-57-60-66(69)72-63-64(62-71-65(68)59-56-53-15-12-9-6-3)73-67(70)61-58-55-52-50-48-46-44-42-40-38-35-31-29-27-25-23-21-19-17-14-11-8-5-2/h8,11,17,19,23,25,29,31,38,40,64H,4-7,9-10,12-16,18,20-22,24,26-28,30,32-37,39,41-63H2,1-3H3/b11-8-,19-17-,25-23-,31-29-,40-38-. The fourth-order valence-corrected chi connectivity index (χ4v) is 9.30. The minimum atomic E-state index is -0.776. The topological polar surface area (TPSA) is 78.9 Å². The van der Waals surface area contributed by atoms with Crippen molar-refractivity contribution in [1.29, 1.82) is 0 Å². The van der Waals surface area contributed by atoms with E-state index in [0.29, 0.717) is 19.3 Å². The molecule has 1 atom stereocenters. The van der Waals surface area contributed by atoms with Crippen molar-refractivity contribution in [3.8, 4) is 0 Å². The van der Waals surface area contributed by atoms with Crippen LogP contribution >= 0.6 is 0 Å². The lowest BCUT2D eigenvalue weighted by Gasteiger charge is -2.18. The van der Waals surface area contributed by atoms with Gasteiger partial charge in [0.25, 0.3) is 0 Å². The zero-order chi connectivity index (χ0) is 52.9. The summed E-state index contributed by atoms with van der Waals surface area (Å²) in [7, 11) is 0. The van der Waals surface area contributed by atoms with E-state index in [4.69, 9.17) is 14.2 Å². The second-order valence-corrected chi connectivity index (χ2v) is 21.3. The molecule has 1 unspecified atom stereocenters. The monoisotopic (exact) mass is 1020 g/mol. The summed E-state index contributed by atoms with van der Waals surface area (Å²) in [4.78, 5) is 38.0. The number of hydrogen-bond donors (Lipinski definition) is 0. The molecule has 424 valence electrons. The van der Waals surface area contributed by atoms with Crippen LogP contribution in [0.5, 0.6) is 0 Å². The minimum absolute atomic E-state index is 0.0754. The predicted octanol–water partition coefficient (Wildman–Crippen LogP) is 21.6. The summed E-state index contributed by atoms with van der Waals surface area (Å²) < 4.78 is 16.8. The molecular weight excluding hydrogens is 901 g/mol. The van der Waals surface area contributed by atoms with Crippen LogP contribution < -0.4 is 0 Å². The molecule has 0 N–H and O–H groups in total. The summed E-state index contributed by atoms with van der Waals surface area (Å²) in [5, 5.41) is 0. The normalized spacial score (nSPS) is 12.4. The average molecular weight is 1020 g/mol. The number of hydrogen-bond acceptors (Lipinski definition) is 6. The quantitative estimate of drug-likeness (QED) is 0.0261. The summed E-state index contributed by atoms with van der Waals surface area (Å²) in [6.07, 6.45) is 78.4.